The first-order valence-corrected chi connectivity index (χ1v) is 14.1. The van der Waals surface area contributed by atoms with E-state index in [0.717, 1.165) is 4.31 Å². The number of fused-ring (bicyclic) bond motifs is 1. The van der Waals surface area contributed by atoms with Crippen LogP contribution in [-0.2, 0) is 26.2 Å². The minimum absolute atomic E-state index is 0.0262. The van der Waals surface area contributed by atoms with Crippen LogP contribution in [0.3, 0.4) is 0 Å². The van der Waals surface area contributed by atoms with Crippen molar-refractivity contribution in [3.05, 3.63) is 53.1 Å². The molecule has 0 aliphatic carbocycles. The number of benzene rings is 2. The highest BCUT2D eigenvalue weighted by Gasteiger charge is 2.32. The number of anilines is 1. The molecule has 1 unspecified atom stereocenters. The number of amides is 2. The Morgan fingerprint density at radius 3 is 2.35 bits per heavy atom. The Morgan fingerprint density at radius 1 is 1.08 bits per heavy atom. The predicted octanol–water partition coefficient (Wildman–Crippen LogP) is 3.60. The number of nitrogens with one attached hydrogen (secondary N) is 1. The summed E-state index contributed by atoms with van der Waals surface area (Å²) in [6, 6.07) is 10.9. The zero-order valence-electron chi connectivity index (χ0n) is 21.8. The quantitative estimate of drug-likeness (QED) is 0.510. The van der Waals surface area contributed by atoms with Gasteiger partial charge in [0.25, 0.3) is 0 Å². The van der Waals surface area contributed by atoms with Crippen molar-refractivity contribution in [2.45, 2.75) is 52.7 Å². The lowest BCUT2D eigenvalue weighted by Crippen LogP contribution is -2.54. The largest absolute Gasteiger partial charge is 0.486 e. The van der Waals surface area contributed by atoms with Crippen molar-refractivity contribution >= 4 is 39.1 Å². The van der Waals surface area contributed by atoms with Crippen LogP contribution < -0.4 is 19.1 Å². The fraction of sp³-hybridized carbons (Fsp3) is 0.462. The van der Waals surface area contributed by atoms with Crippen molar-refractivity contribution in [1.29, 1.82) is 0 Å². The standard InChI is InChI=1S/C26H34ClN3O6S/c1-6-37(33,34)30(20-11-12-22-23(15-20)36-14-13-35-22)17-24(31)29(16-19-9-7-8-10-21(19)27)18(2)25(32)28-26(3,4)5/h7-12,15,18H,6,13-14,16-17H2,1-5H3,(H,28,32). The molecular weight excluding hydrogens is 518 g/mol. The number of sulfonamides is 1. The summed E-state index contributed by atoms with van der Waals surface area (Å²) in [5.41, 5.74) is 0.383. The van der Waals surface area contributed by atoms with Crippen LogP contribution in [0.1, 0.15) is 40.2 Å². The summed E-state index contributed by atoms with van der Waals surface area (Å²) in [4.78, 5) is 28.1. The van der Waals surface area contributed by atoms with Gasteiger partial charge in [-0.25, -0.2) is 8.42 Å². The molecule has 1 atom stereocenters. The second-order valence-electron chi connectivity index (χ2n) is 9.76. The first-order valence-electron chi connectivity index (χ1n) is 12.1. The maximum absolute atomic E-state index is 13.7. The number of carbonyl (C=O) groups excluding carboxylic acids is 2. The molecule has 1 heterocycles. The van der Waals surface area contributed by atoms with E-state index in [1.165, 1.54) is 11.8 Å². The fourth-order valence-electron chi connectivity index (χ4n) is 3.77. The summed E-state index contributed by atoms with van der Waals surface area (Å²) in [6.07, 6.45) is 0. The van der Waals surface area contributed by atoms with Crippen LogP contribution in [-0.4, -0.2) is 62.2 Å². The molecule has 0 fully saturated rings. The second-order valence-corrected chi connectivity index (χ2v) is 12.4. The average Bonchev–Trinajstić information content (AvgIpc) is 2.84. The summed E-state index contributed by atoms with van der Waals surface area (Å²) < 4.78 is 38.4. The molecule has 37 heavy (non-hydrogen) atoms. The molecule has 2 aromatic carbocycles. The molecule has 0 aromatic heterocycles. The van der Waals surface area contributed by atoms with Crippen molar-refractivity contribution < 1.29 is 27.5 Å². The molecule has 0 saturated heterocycles. The normalized spacial score (nSPS) is 14.0. The van der Waals surface area contributed by atoms with Gasteiger partial charge >= 0.3 is 0 Å². The third kappa shape index (κ3) is 7.29. The molecule has 11 heteroatoms. The second kappa shape index (κ2) is 11.6. The topological polar surface area (TPSA) is 105 Å². The van der Waals surface area contributed by atoms with Crippen LogP contribution in [0, 0.1) is 0 Å². The number of nitrogens with zero attached hydrogens (tertiary/aromatic N) is 2. The first-order chi connectivity index (χ1) is 17.3. The summed E-state index contributed by atoms with van der Waals surface area (Å²) in [5, 5.41) is 3.33. The Hall–Kier alpha value is -2.98. The molecule has 202 valence electrons. The van der Waals surface area contributed by atoms with Crippen LogP contribution in [0.25, 0.3) is 0 Å². The number of rotatable bonds is 9. The van der Waals surface area contributed by atoms with Gasteiger partial charge in [-0.2, -0.15) is 0 Å². The molecule has 0 bridgehead atoms. The number of hydrogen-bond donors (Lipinski definition) is 1. The third-order valence-electron chi connectivity index (χ3n) is 5.76. The lowest BCUT2D eigenvalue weighted by molar-refractivity contribution is -0.140. The molecule has 0 saturated carbocycles. The van der Waals surface area contributed by atoms with Crippen molar-refractivity contribution in [3.63, 3.8) is 0 Å². The number of ether oxygens (including phenoxy) is 2. The lowest BCUT2D eigenvalue weighted by atomic mass is 10.1. The van der Waals surface area contributed by atoms with E-state index in [1.807, 2.05) is 20.8 Å². The van der Waals surface area contributed by atoms with Crippen LogP contribution in [0.4, 0.5) is 5.69 Å². The molecule has 1 aliphatic heterocycles. The molecule has 1 aliphatic rings. The lowest BCUT2D eigenvalue weighted by Gasteiger charge is -2.33. The van der Waals surface area contributed by atoms with E-state index >= 15 is 0 Å². The highest BCUT2D eigenvalue weighted by atomic mass is 35.5. The number of hydrogen-bond acceptors (Lipinski definition) is 6. The monoisotopic (exact) mass is 551 g/mol. The van der Waals surface area contributed by atoms with E-state index in [-0.39, 0.29) is 23.9 Å². The van der Waals surface area contributed by atoms with E-state index in [0.29, 0.717) is 35.3 Å². The molecule has 2 amide bonds. The van der Waals surface area contributed by atoms with Gasteiger partial charge in [-0.15, -0.1) is 0 Å². The van der Waals surface area contributed by atoms with Crippen LogP contribution in [0.15, 0.2) is 42.5 Å². The van der Waals surface area contributed by atoms with Gasteiger partial charge in [-0.3, -0.25) is 13.9 Å². The molecular formula is C26H34ClN3O6S. The van der Waals surface area contributed by atoms with E-state index in [2.05, 4.69) is 5.32 Å². The first kappa shape index (κ1) is 28.6. The van der Waals surface area contributed by atoms with Crippen molar-refractivity contribution in [3.8, 4) is 11.5 Å². The van der Waals surface area contributed by atoms with Crippen LogP contribution >= 0.6 is 11.6 Å². The van der Waals surface area contributed by atoms with E-state index in [4.69, 9.17) is 21.1 Å². The Morgan fingerprint density at radius 2 is 1.73 bits per heavy atom. The highest BCUT2D eigenvalue weighted by molar-refractivity contribution is 7.92. The summed E-state index contributed by atoms with van der Waals surface area (Å²) in [7, 11) is -3.86. The molecule has 3 rings (SSSR count). The Balaban J connectivity index is 1.97. The average molecular weight is 552 g/mol. The molecule has 2 aromatic rings. The molecule has 0 radical (unpaired) electrons. The number of halogens is 1. The summed E-state index contributed by atoms with van der Waals surface area (Å²) in [5.74, 6) is -0.235. The van der Waals surface area contributed by atoms with Crippen molar-refractivity contribution in [2.24, 2.45) is 0 Å². The molecule has 9 nitrogen and oxygen atoms in total. The SMILES string of the molecule is CCS(=O)(=O)N(CC(=O)N(Cc1ccccc1Cl)C(C)C(=O)NC(C)(C)C)c1ccc2c(c1)OCCO2. The van der Waals surface area contributed by atoms with Crippen LogP contribution in [0.2, 0.25) is 5.02 Å². The van der Waals surface area contributed by atoms with Gasteiger partial charge in [0, 0.05) is 23.2 Å². The summed E-state index contributed by atoms with van der Waals surface area (Å²) >= 11 is 6.36. The van der Waals surface area contributed by atoms with Gasteiger partial charge in [0.15, 0.2) is 11.5 Å². The third-order valence-corrected chi connectivity index (χ3v) is 7.87. The van der Waals surface area contributed by atoms with Gasteiger partial charge in [0.05, 0.1) is 11.4 Å². The molecule has 0 spiro atoms. The maximum Gasteiger partial charge on any atom is 0.244 e. The zero-order valence-corrected chi connectivity index (χ0v) is 23.4. The minimum atomic E-state index is -3.86. The zero-order chi connectivity index (χ0) is 27.4. The minimum Gasteiger partial charge on any atom is -0.486 e. The maximum atomic E-state index is 13.7. The van der Waals surface area contributed by atoms with Crippen molar-refractivity contribution in [2.75, 3.05) is 29.8 Å². The van der Waals surface area contributed by atoms with Crippen LogP contribution in [0.5, 0.6) is 11.5 Å². The van der Waals surface area contributed by atoms with Gasteiger partial charge in [-0.1, -0.05) is 29.8 Å². The number of carbonyl (C=O) groups is 2. The van der Waals surface area contributed by atoms with Gasteiger partial charge < -0.3 is 19.7 Å². The van der Waals surface area contributed by atoms with E-state index in [1.54, 1.807) is 49.4 Å². The van der Waals surface area contributed by atoms with Gasteiger partial charge in [0.2, 0.25) is 21.8 Å². The smallest absolute Gasteiger partial charge is 0.244 e. The Labute approximate surface area is 223 Å². The summed E-state index contributed by atoms with van der Waals surface area (Å²) in [6.45, 7) is 8.89. The Bertz CT molecular complexity index is 1250. The molecule has 1 N–H and O–H groups in total. The van der Waals surface area contributed by atoms with Gasteiger partial charge in [0.1, 0.15) is 25.8 Å². The van der Waals surface area contributed by atoms with E-state index < -0.39 is 34.1 Å². The van der Waals surface area contributed by atoms with Gasteiger partial charge in [-0.05, 0) is 58.4 Å². The predicted molar refractivity (Wildman–Crippen MR) is 144 cm³/mol. The fourth-order valence-corrected chi connectivity index (χ4v) is 5.02. The highest BCUT2D eigenvalue weighted by Crippen LogP contribution is 2.35. The van der Waals surface area contributed by atoms with Crippen molar-refractivity contribution in [1.82, 2.24) is 10.2 Å². The Kier molecular flexibility index (Phi) is 8.96. The van der Waals surface area contributed by atoms with E-state index in [9.17, 15) is 18.0 Å².